The molecule has 0 aliphatic carbocycles. The number of nitrogens with zero attached hydrogens (tertiary/aromatic N) is 4. The van der Waals surface area contributed by atoms with Crippen LogP contribution in [0.3, 0.4) is 0 Å². The lowest BCUT2D eigenvalue weighted by molar-refractivity contribution is -0.124. The summed E-state index contributed by atoms with van der Waals surface area (Å²) < 4.78 is 0. The van der Waals surface area contributed by atoms with Gasteiger partial charge >= 0.3 is 12.0 Å². The maximum atomic E-state index is 14.2. The molecule has 0 unspecified atom stereocenters. The Hall–Kier alpha value is -3.62. The van der Waals surface area contributed by atoms with Crippen LogP contribution in [0.4, 0.5) is 16.3 Å². The van der Waals surface area contributed by atoms with Gasteiger partial charge in [0.15, 0.2) is 0 Å². The molecule has 2 aromatic carbocycles. The number of likely N-dealkylation sites (N-methyl/N-ethyl adjacent to an activating group) is 1. The third kappa shape index (κ3) is 3.77. The second-order valence-electron chi connectivity index (χ2n) is 9.09. The molecular formula is C26H22Cl2N4O4. The van der Waals surface area contributed by atoms with Gasteiger partial charge in [0, 0.05) is 35.8 Å². The van der Waals surface area contributed by atoms with Crippen molar-refractivity contribution in [2.24, 2.45) is 0 Å². The van der Waals surface area contributed by atoms with Crippen LogP contribution < -0.4 is 9.80 Å². The van der Waals surface area contributed by atoms with Crippen molar-refractivity contribution in [3.05, 3.63) is 87.5 Å². The Kier molecular flexibility index (Phi) is 5.89. The van der Waals surface area contributed by atoms with Gasteiger partial charge in [0.05, 0.1) is 17.8 Å². The summed E-state index contributed by atoms with van der Waals surface area (Å²) in [5, 5.41) is 9.86. The van der Waals surface area contributed by atoms with Crippen LogP contribution in [-0.2, 0) is 4.79 Å². The number of pyridine rings is 1. The fraction of sp³-hybridized carbons (Fsp3) is 0.231. The van der Waals surface area contributed by atoms with E-state index in [9.17, 15) is 19.5 Å². The van der Waals surface area contributed by atoms with Gasteiger partial charge in [-0.25, -0.2) is 19.5 Å². The summed E-state index contributed by atoms with van der Waals surface area (Å²) >= 11 is 12.4. The number of hydrogen-bond acceptors (Lipinski definition) is 5. The fourth-order valence-corrected chi connectivity index (χ4v) is 5.60. The Balaban J connectivity index is 1.61. The van der Waals surface area contributed by atoms with Crippen molar-refractivity contribution < 1.29 is 19.5 Å². The van der Waals surface area contributed by atoms with Crippen molar-refractivity contribution in [2.75, 3.05) is 29.9 Å². The van der Waals surface area contributed by atoms with Crippen LogP contribution in [0.1, 0.15) is 27.4 Å². The number of carbonyl (C=O) groups excluding carboxylic acids is 2. The van der Waals surface area contributed by atoms with Crippen LogP contribution in [0.2, 0.25) is 10.0 Å². The van der Waals surface area contributed by atoms with Crippen molar-refractivity contribution in [3.8, 4) is 0 Å². The van der Waals surface area contributed by atoms with Crippen LogP contribution >= 0.6 is 23.2 Å². The van der Waals surface area contributed by atoms with E-state index in [1.54, 1.807) is 13.1 Å². The molecule has 2 saturated heterocycles. The number of aromatic nitrogens is 1. The number of urea groups is 1. The van der Waals surface area contributed by atoms with Crippen molar-refractivity contribution in [1.29, 1.82) is 0 Å². The zero-order valence-corrected chi connectivity index (χ0v) is 21.0. The van der Waals surface area contributed by atoms with E-state index in [-0.39, 0.29) is 23.9 Å². The molecular weight excluding hydrogens is 503 g/mol. The minimum atomic E-state index is -1.23. The Morgan fingerprint density at radius 1 is 1.06 bits per heavy atom. The summed E-state index contributed by atoms with van der Waals surface area (Å²) in [5.74, 6) is -1.31. The highest BCUT2D eigenvalue weighted by Crippen LogP contribution is 2.47. The van der Waals surface area contributed by atoms with Crippen LogP contribution in [0.5, 0.6) is 0 Å². The molecule has 0 radical (unpaired) electrons. The number of imide groups is 1. The highest BCUT2D eigenvalue weighted by Gasteiger charge is 2.64. The van der Waals surface area contributed by atoms with Gasteiger partial charge in [-0.1, -0.05) is 53.0 Å². The predicted molar refractivity (Wildman–Crippen MR) is 137 cm³/mol. The highest BCUT2D eigenvalue weighted by atomic mass is 35.5. The number of aryl methyl sites for hydroxylation is 1. The van der Waals surface area contributed by atoms with E-state index in [0.717, 1.165) is 16.0 Å². The molecule has 36 heavy (non-hydrogen) atoms. The summed E-state index contributed by atoms with van der Waals surface area (Å²) in [6.45, 7) is 2.56. The summed E-state index contributed by atoms with van der Waals surface area (Å²) in [5.41, 5.74) is 1.12. The lowest BCUT2D eigenvalue weighted by Crippen LogP contribution is -2.53. The SMILES string of the molecule is Cc1ccc([C@H]2CN(c3ccc(C(=O)O)cn3)C[C@@]23C(=O)N(c2cc(Cl)cc(Cl)c2)C(=O)N3C)cc1. The Labute approximate surface area is 217 Å². The van der Waals surface area contributed by atoms with E-state index in [0.29, 0.717) is 28.1 Å². The van der Waals surface area contributed by atoms with Crippen LogP contribution in [0.25, 0.3) is 0 Å². The second-order valence-corrected chi connectivity index (χ2v) is 9.96. The largest absolute Gasteiger partial charge is 0.478 e. The topological polar surface area (TPSA) is 94.0 Å². The van der Waals surface area contributed by atoms with E-state index < -0.39 is 17.5 Å². The number of anilines is 2. The van der Waals surface area contributed by atoms with Crippen LogP contribution in [0.15, 0.2) is 60.8 Å². The van der Waals surface area contributed by atoms with Crippen molar-refractivity contribution in [1.82, 2.24) is 9.88 Å². The van der Waals surface area contributed by atoms with Crippen molar-refractivity contribution in [2.45, 2.75) is 18.4 Å². The smallest absolute Gasteiger partial charge is 0.337 e. The fourth-order valence-electron chi connectivity index (χ4n) is 5.09. The van der Waals surface area contributed by atoms with Crippen molar-refractivity contribution >= 4 is 52.6 Å². The number of carboxylic acid groups (broad SMARTS) is 1. The molecule has 2 aliphatic rings. The first-order valence-electron chi connectivity index (χ1n) is 11.2. The van der Waals surface area contributed by atoms with Crippen LogP contribution in [0, 0.1) is 6.92 Å². The zero-order valence-electron chi connectivity index (χ0n) is 19.5. The number of rotatable bonds is 4. The molecule has 2 fully saturated rings. The van der Waals surface area contributed by atoms with E-state index in [4.69, 9.17) is 23.2 Å². The number of carbonyl (C=O) groups is 3. The van der Waals surface area contributed by atoms with E-state index in [1.807, 2.05) is 36.1 Å². The maximum Gasteiger partial charge on any atom is 0.337 e. The molecule has 3 heterocycles. The Bertz CT molecular complexity index is 1360. The first-order valence-corrected chi connectivity index (χ1v) is 12.0. The van der Waals surface area contributed by atoms with Crippen molar-refractivity contribution in [3.63, 3.8) is 0 Å². The lowest BCUT2D eigenvalue weighted by atomic mass is 9.80. The van der Waals surface area contributed by atoms with Gasteiger partial charge in [-0.2, -0.15) is 0 Å². The van der Waals surface area contributed by atoms with Gasteiger partial charge in [0.1, 0.15) is 11.4 Å². The third-order valence-corrected chi connectivity index (χ3v) is 7.40. The molecule has 184 valence electrons. The van der Waals surface area contributed by atoms with Crippen LogP contribution in [-0.4, -0.2) is 58.6 Å². The minimum absolute atomic E-state index is 0.0657. The maximum absolute atomic E-state index is 14.2. The minimum Gasteiger partial charge on any atom is -0.478 e. The number of aromatic carboxylic acids is 1. The third-order valence-electron chi connectivity index (χ3n) is 6.97. The normalized spacial score (nSPS) is 21.7. The van der Waals surface area contributed by atoms with Gasteiger partial charge in [-0.15, -0.1) is 0 Å². The van der Waals surface area contributed by atoms with Gasteiger partial charge in [0.2, 0.25) is 0 Å². The lowest BCUT2D eigenvalue weighted by Gasteiger charge is -2.33. The molecule has 10 heteroatoms. The van der Waals surface area contributed by atoms with Gasteiger partial charge in [0.25, 0.3) is 5.91 Å². The van der Waals surface area contributed by atoms with Gasteiger partial charge in [-0.05, 0) is 42.8 Å². The number of carboxylic acids is 1. The molecule has 1 aromatic heterocycles. The quantitative estimate of drug-likeness (QED) is 0.491. The summed E-state index contributed by atoms with van der Waals surface area (Å²) in [4.78, 5) is 47.9. The summed E-state index contributed by atoms with van der Waals surface area (Å²) in [7, 11) is 1.62. The van der Waals surface area contributed by atoms with Gasteiger partial charge < -0.3 is 14.9 Å². The molecule has 1 N–H and O–H groups in total. The molecule has 0 saturated carbocycles. The second kappa shape index (κ2) is 8.80. The monoisotopic (exact) mass is 524 g/mol. The predicted octanol–water partition coefficient (Wildman–Crippen LogP) is 4.84. The Morgan fingerprint density at radius 2 is 1.72 bits per heavy atom. The highest BCUT2D eigenvalue weighted by molar-refractivity contribution is 6.35. The standard InChI is InChI=1S/C26H22Cl2N4O4/c1-15-3-5-16(6-4-15)21-13-31(22-8-7-17(12-29-22)23(33)34)14-26(21)24(35)32(25(36)30(26)2)20-10-18(27)9-19(28)11-20/h3-12,21H,13-14H2,1-2H3,(H,33,34)/t21-,26+/m1/s1. The molecule has 3 aromatic rings. The Morgan fingerprint density at radius 3 is 2.31 bits per heavy atom. The molecule has 1 spiro atoms. The van der Waals surface area contributed by atoms with E-state index >= 15 is 0 Å². The molecule has 3 amide bonds. The molecule has 0 bridgehead atoms. The average Bonchev–Trinajstić information content (AvgIpc) is 3.32. The summed E-state index contributed by atoms with van der Waals surface area (Å²) in [6.07, 6.45) is 1.29. The molecule has 8 nitrogen and oxygen atoms in total. The van der Waals surface area contributed by atoms with E-state index in [2.05, 4.69) is 4.98 Å². The number of amides is 3. The molecule has 5 rings (SSSR count). The number of benzene rings is 2. The summed E-state index contributed by atoms with van der Waals surface area (Å²) in [6, 6.07) is 15.1. The molecule has 2 atom stereocenters. The van der Waals surface area contributed by atoms with E-state index in [1.165, 1.54) is 35.4 Å². The first-order chi connectivity index (χ1) is 17.1. The van der Waals surface area contributed by atoms with Gasteiger partial charge in [-0.3, -0.25) is 4.79 Å². The molecule has 2 aliphatic heterocycles. The number of hydrogen-bond donors (Lipinski definition) is 1. The number of halogens is 2. The first kappa shape index (κ1) is 24.1. The zero-order chi connectivity index (χ0) is 25.8. The average molecular weight is 525 g/mol.